The molecule has 0 aliphatic heterocycles. The lowest BCUT2D eigenvalue weighted by atomic mass is 10.2. The number of hydrogen-bond acceptors (Lipinski definition) is 2. The molecule has 0 aliphatic rings. The number of aliphatic carboxylic acids is 1. The predicted molar refractivity (Wildman–Crippen MR) is 66.4 cm³/mol. The standard InChI is InChI=1S/C8H8O2.C5H9NO/c9-8(10)6-7-4-2-1-3-5-7;1-2-3-4-5(6)7/h1-5H,6H2,(H,9,10);2H,1,3-4H2,(H2,6,7). The van der Waals surface area contributed by atoms with E-state index in [1.54, 1.807) is 18.2 Å². The molecule has 0 heterocycles. The number of nitrogens with two attached hydrogens (primary N) is 1. The van der Waals surface area contributed by atoms with Crippen LogP contribution in [0.3, 0.4) is 0 Å². The van der Waals surface area contributed by atoms with Gasteiger partial charge < -0.3 is 10.8 Å². The van der Waals surface area contributed by atoms with Crippen LogP contribution in [0.1, 0.15) is 18.4 Å². The molecule has 0 fully saturated rings. The van der Waals surface area contributed by atoms with Gasteiger partial charge in [0.1, 0.15) is 0 Å². The molecular formula is C13H17NO3. The second-order valence-corrected chi connectivity index (χ2v) is 3.35. The molecule has 3 N–H and O–H groups in total. The first-order valence-corrected chi connectivity index (χ1v) is 5.21. The van der Waals surface area contributed by atoms with E-state index in [1.165, 1.54) is 0 Å². The smallest absolute Gasteiger partial charge is 0.307 e. The first-order chi connectivity index (χ1) is 8.06. The molecule has 1 aromatic carbocycles. The Balaban J connectivity index is 0.000000325. The molecule has 0 unspecified atom stereocenters. The van der Waals surface area contributed by atoms with E-state index < -0.39 is 5.97 Å². The summed E-state index contributed by atoms with van der Waals surface area (Å²) in [6.07, 6.45) is 2.89. The molecule has 0 aromatic heterocycles. The fraction of sp³-hybridized carbons (Fsp3) is 0.231. The van der Waals surface area contributed by atoms with Crippen LogP contribution in [0.15, 0.2) is 43.0 Å². The van der Waals surface area contributed by atoms with Crippen molar-refractivity contribution in [3.05, 3.63) is 48.6 Å². The van der Waals surface area contributed by atoms with Gasteiger partial charge in [0.05, 0.1) is 6.42 Å². The summed E-state index contributed by atoms with van der Waals surface area (Å²) >= 11 is 0. The number of hydrogen-bond donors (Lipinski definition) is 2. The summed E-state index contributed by atoms with van der Waals surface area (Å²) in [5, 5.41) is 8.37. The van der Waals surface area contributed by atoms with Crippen LogP contribution in [0.25, 0.3) is 0 Å². The first kappa shape index (κ1) is 14.9. The zero-order valence-electron chi connectivity index (χ0n) is 9.63. The third kappa shape index (κ3) is 10.2. The van der Waals surface area contributed by atoms with Crippen molar-refractivity contribution in [2.75, 3.05) is 0 Å². The summed E-state index contributed by atoms with van der Waals surface area (Å²) in [5.41, 5.74) is 5.63. The van der Waals surface area contributed by atoms with E-state index in [1.807, 2.05) is 18.2 Å². The lowest BCUT2D eigenvalue weighted by Crippen LogP contribution is -2.08. The summed E-state index contributed by atoms with van der Waals surface area (Å²) in [6.45, 7) is 3.42. The lowest BCUT2D eigenvalue weighted by molar-refractivity contribution is -0.136. The van der Waals surface area contributed by atoms with E-state index in [-0.39, 0.29) is 12.3 Å². The van der Waals surface area contributed by atoms with Gasteiger partial charge in [0.25, 0.3) is 0 Å². The van der Waals surface area contributed by atoms with Crippen molar-refractivity contribution in [2.24, 2.45) is 5.73 Å². The largest absolute Gasteiger partial charge is 0.481 e. The number of primary amides is 1. The molecular weight excluding hydrogens is 218 g/mol. The Bertz CT molecular complexity index is 360. The van der Waals surface area contributed by atoms with Gasteiger partial charge in [-0.15, -0.1) is 6.58 Å². The Morgan fingerprint density at radius 2 is 1.88 bits per heavy atom. The summed E-state index contributed by atoms with van der Waals surface area (Å²) < 4.78 is 0. The molecule has 0 aliphatic carbocycles. The minimum atomic E-state index is -0.786. The highest BCUT2D eigenvalue weighted by Crippen LogP contribution is 1.98. The molecule has 92 valence electrons. The molecule has 17 heavy (non-hydrogen) atoms. The molecule has 0 radical (unpaired) electrons. The van der Waals surface area contributed by atoms with Gasteiger partial charge in [0.2, 0.25) is 5.91 Å². The number of allylic oxidation sites excluding steroid dienone is 1. The van der Waals surface area contributed by atoms with Crippen LogP contribution in [0, 0.1) is 0 Å². The quantitative estimate of drug-likeness (QED) is 0.763. The zero-order chi connectivity index (χ0) is 13.1. The Kier molecular flexibility index (Phi) is 8.02. The maximum atomic E-state index is 10.2. The van der Waals surface area contributed by atoms with E-state index >= 15 is 0 Å². The van der Waals surface area contributed by atoms with Gasteiger partial charge in [0.15, 0.2) is 0 Å². The lowest BCUT2D eigenvalue weighted by Gasteiger charge is -1.92. The molecule has 4 nitrogen and oxygen atoms in total. The molecule has 0 atom stereocenters. The number of benzene rings is 1. The number of amides is 1. The molecule has 1 rings (SSSR count). The number of rotatable bonds is 5. The van der Waals surface area contributed by atoms with Gasteiger partial charge in [-0.05, 0) is 12.0 Å². The van der Waals surface area contributed by atoms with Gasteiger partial charge in [-0.1, -0.05) is 36.4 Å². The Hall–Kier alpha value is -2.10. The summed E-state index contributed by atoms with van der Waals surface area (Å²) in [4.78, 5) is 20.1. The zero-order valence-corrected chi connectivity index (χ0v) is 9.63. The number of carbonyl (C=O) groups is 2. The molecule has 1 amide bonds. The van der Waals surface area contributed by atoms with Crippen molar-refractivity contribution >= 4 is 11.9 Å². The first-order valence-electron chi connectivity index (χ1n) is 5.21. The maximum Gasteiger partial charge on any atom is 0.307 e. The molecule has 0 spiro atoms. The van der Waals surface area contributed by atoms with E-state index in [0.717, 1.165) is 5.56 Å². The van der Waals surface area contributed by atoms with Crippen molar-refractivity contribution in [2.45, 2.75) is 19.3 Å². The van der Waals surface area contributed by atoms with Crippen molar-refractivity contribution < 1.29 is 14.7 Å². The Morgan fingerprint density at radius 3 is 2.24 bits per heavy atom. The predicted octanol–water partition coefficient (Wildman–Crippen LogP) is 1.75. The molecule has 0 bridgehead atoms. The fourth-order valence-corrected chi connectivity index (χ4v) is 1.01. The number of carbonyl (C=O) groups excluding carboxylic acids is 1. The second-order valence-electron chi connectivity index (χ2n) is 3.35. The number of carboxylic acid groups (broad SMARTS) is 1. The third-order valence-corrected chi connectivity index (χ3v) is 1.79. The third-order valence-electron chi connectivity index (χ3n) is 1.79. The minimum absolute atomic E-state index is 0.112. The van der Waals surface area contributed by atoms with Gasteiger partial charge in [-0.3, -0.25) is 9.59 Å². The van der Waals surface area contributed by atoms with E-state index in [0.29, 0.717) is 12.8 Å². The van der Waals surface area contributed by atoms with Crippen molar-refractivity contribution in [1.82, 2.24) is 0 Å². The van der Waals surface area contributed by atoms with E-state index in [4.69, 9.17) is 10.8 Å². The van der Waals surface area contributed by atoms with E-state index in [9.17, 15) is 9.59 Å². The van der Waals surface area contributed by atoms with Crippen LogP contribution in [0.2, 0.25) is 0 Å². The van der Waals surface area contributed by atoms with Gasteiger partial charge in [0, 0.05) is 6.42 Å². The van der Waals surface area contributed by atoms with Gasteiger partial charge in [-0.25, -0.2) is 0 Å². The van der Waals surface area contributed by atoms with Gasteiger partial charge >= 0.3 is 5.97 Å². The van der Waals surface area contributed by atoms with Crippen LogP contribution >= 0.6 is 0 Å². The summed E-state index contributed by atoms with van der Waals surface area (Å²) in [7, 11) is 0. The monoisotopic (exact) mass is 235 g/mol. The SMILES string of the molecule is C=CCCC(N)=O.O=C(O)Cc1ccccc1. The second kappa shape index (κ2) is 9.15. The Morgan fingerprint density at radius 1 is 1.29 bits per heavy atom. The Labute approximate surface area is 101 Å². The normalized spacial score (nSPS) is 8.71. The molecule has 1 aromatic rings. The highest BCUT2D eigenvalue weighted by atomic mass is 16.4. The topological polar surface area (TPSA) is 80.4 Å². The fourth-order valence-electron chi connectivity index (χ4n) is 1.01. The summed E-state index contributed by atoms with van der Waals surface area (Å²) in [5.74, 6) is -1.05. The highest BCUT2D eigenvalue weighted by Gasteiger charge is 1.96. The highest BCUT2D eigenvalue weighted by molar-refractivity contribution is 5.73. The van der Waals surface area contributed by atoms with Crippen LogP contribution in [-0.4, -0.2) is 17.0 Å². The van der Waals surface area contributed by atoms with Crippen LogP contribution in [-0.2, 0) is 16.0 Å². The average molecular weight is 235 g/mol. The molecule has 0 saturated carbocycles. The molecule has 0 saturated heterocycles. The van der Waals surface area contributed by atoms with Gasteiger partial charge in [-0.2, -0.15) is 0 Å². The van der Waals surface area contributed by atoms with Crippen LogP contribution < -0.4 is 5.73 Å². The van der Waals surface area contributed by atoms with Crippen molar-refractivity contribution in [3.8, 4) is 0 Å². The average Bonchev–Trinajstić information content (AvgIpc) is 2.27. The molecule has 4 heteroatoms. The summed E-state index contributed by atoms with van der Waals surface area (Å²) in [6, 6.07) is 9.13. The minimum Gasteiger partial charge on any atom is -0.481 e. The van der Waals surface area contributed by atoms with Crippen molar-refractivity contribution in [3.63, 3.8) is 0 Å². The maximum absolute atomic E-state index is 10.2. The van der Waals surface area contributed by atoms with E-state index in [2.05, 4.69) is 6.58 Å². The van der Waals surface area contributed by atoms with Crippen LogP contribution in [0.4, 0.5) is 0 Å². The van der Waals surface area contributed by atoms with Crippen LogP contribution in [0.5, 0.6) is 0 Å². The van der Waals surface area contributed by atoms with Crippen molar-refractivity contribution in [1.29, 1.82) is 0 Å². The number of carboxylic acids is 1.